The standard InChI is InChI=1S/C13H18BrClN2O2S/c14-13-11(16)8-10(15)9-12(13)20(18,19)17-6-4-2-1-3-5-7-17/h8-9H,1-7,16H2. The van der Waals surface area contributed by atoms with Crippen LogP contribution in [0.4, 0.5) is 5.69 Å². The fourth-order valence-electron chi connectivity index (χ4n) is 2.37. The Hall–Kier alpha value is -0.300. The molecule has 4 nitrogen and oxygen atoms in total. The van der Waals surface area contributed by atoms with E-state index < -0.39 is 10.0 Å². The maximum atomic E-state index is 12.8. The fraction of sp³-hybridized carbons (Fsp3) is 0.538. The van der Waals surface area contributed by atoms with E-state index in [9.17, 15) is 8.42 Å². The van der Waals surface area contributed by atoms with Crippen molar-refractivity contribution < 1.29 is 8.42 Å². The first-order chi connectivity index (χ1) is 9.43. The van der Waals surface area contributed by atoms with Crippen LogP contribution in [0, 0.1) is 0 Å². The normalized spacial score (nSPS) is 18.5. The van der Waals surface area contributed by atoms with E-state index in [-0.39, 0.29) is 4.90 Å². The van der Waals surface area contributed by atoms with Gasteiger partial charge < -0.3 is 5.73 Å². The van der Waals surface area contributed by atoms with Gasteiger partial charge in [-0.25, -0.2) is 8.42 Å². The van der Waals surface area contributed by atoms with Crippen molar-refractivity contribution in [2.45, 2.75) is 37.0 Å². The van der Waals surface area contributed by atoms with E-state index in [4.69, 9.17) is 17.3 Å². The number of nitrogens with two attached hydrogens (primary N) is 1. The van der Waals surface area contributed by atoms with E-state index in [1.54, 1.807) is 4.31 Å². The Bertz CT molecular complexity index is 584. The number of nitrogen functional groups attached to an aromatic ring is 1. The van der Waals surface area contributed by atoms with E-state index >= 15 is 0 Å². The molecule has 0 radical (unpaired) electrons. The molecule has 1 heterocycles. The van der Waals surface area contributed by atoms with Crippen molar-refractivity contribution in [3.8, 4) is 0 Å². The number of hydrogen-bond acceptors (Lipinski definition) is 3. The number of benzene rings is 1. The number of anilines is 1. The third-order valence-corrected chi connectivity index (χ3v) is 6.75. The van der Waals surface area contributed by atoms with Crippen molar-refractivity contribution in [1.82, 2.24) is 4.31 Å². The van der Waals surface area contributed by atoms with E-state index in [1.165, 1.54) is 18.6 Å². The van der Waals surface area contributed by atoms with Crippen LogP contribution in [-0.4, -0.2) is 25.8 Å². The Kier molecular flexibility index (Phi) is 5.34. The van der Waals surface area contributed by atoms with Gasteiger partial charge in [-0.2, -0.15) is 4.31 Å². The van der Waals surface area contributed by atoms with Crippen LogP contribution in [0.5, 0.6) is 0 Å². The molecule has 1 aliphatic rings. The average Bonchev–Trinajstić information content (AvgIpc) is 2.32. The molecule has 2 rings (SSSR count). The van der Waals surface area contributed by atoms with Crippen molar-refractivity contribution >= 4 is 43.2 Å². The molecule has 112 valence electrons. The maximum absolute atomic E-state index is 12.8. The zero-order chi connectivity index (χ0) is 14.8. The van der Waals surface area contributed by atoms with Gasteiger partial charge in [-0.1, -0.05) is 30.9 Å². The minimum absolute atomic E-state index is 0.156. The quantitative estimate of drug-likeness (QED) is 0.795. The van der Waals surface area contributed by atoms with Gasteiger partial charge in [0.1, 0.15) is 0 Å². The first-order valence-corrected chi connectivity index (χ1v) is 9.28. The van der Waals surface area contributed by atoms with Crippen LogP contribution in [0.3, 0.4) is 0 Å². The van der Waals surface area contributed by atoms with Crippen LogP contribution in [0.15, 0.2) is 21.5 Å². The molecule has 20 heavy (non-hydrogen) atoms. The van der Waals surface area contributed by atoms with Crippen molar-refractivity contribution in [2.24, 2.45) is 0 Å². The summed E-state index contributed by atoms with van der Waals surface area (Å²) in [6.07, 6.45) is 5.12. The fourth-order valence-corrected chi connectivity index (χ4v) is 5.14. The second-order valence-corrected chi connectivity index (χ2v) is 8.11. The third kappa shape index (κ3) is 3.47. The first kappa shape index (κ1) is 16.1. The van der Waals surface area contributed by atoms with Crippen LogP contribution >= 0.6 is 27.5 Å². The highest BCUT2D eigenvalue weighted by molar-refractivity contribution is 9.10. The molecule has 0 amide bonds. The Balaban J connectivity index is 2.38. The third-order valence-electron chi connectivity index (χ3n) is 3.47. The lowest BCUT2D eigenvalue weighted by molar-refractivity contribution is 0.364. The average molecular weight is 382 g/mol. The summed E-state index contributed by atoms with van der Waals surface area (Å²) in [6, 6.07) is 2.99. The van der Waals surface area contributed by atoms with Gasteiger partial charge in [0, 0.05) is 23.8 Å². The minimum atomic E-state index is -3.56. The predicted molar refractivity (Wildman–Crippen MR) is 85.4 cm³/mol. The molecule has 1 fully saturated rings. The number of halogens is 2. The highest BCUT2D eigenvalue weighted by Gasteiger charge is 2.27. The maximum Gasteiger partial charge on any atom is 0.244 e. The topological polar surface area (TPSA) is 63.4 Å². The lowest BCUT2D eigenvalue weighted by Gasteiger charge is -2.25. The Morgan fingerprint density at radius 1 is 1.10 bits per heavy atom. The molecule has 0 unspecified atom stereocenters. The van der Waals surface area contributed by atoms with Gasteiger partial charge >= 0.3 is 0 Å². The zero-order valence-corrected chi connectivity index (χ0v) is 14.3. The van der Waals surface area contributed by atoms with Crippen molar-refractivity contribution in [3.63, 3.8) is 0 Å². The van der Waals surface area contributed by atoms with Crippen LogP contribution < -0.4 is 5.73 Å². The van der Waals surface area contributed by atoms with Crippen LogP contribution in [0.2, 0.25) is 5.02 Å². The van der Waals surface area contributed by atoms with Gasteiger partial charge in [-0.3, -0.25) is 0 Å². The van der Waals surface area contributed by atoms with Gasteiger partial charge in [0.05, 0.1) is 9.37 Å². The first-order valence-electron chi connectivity index (χ1n) is 6.67. The molecule has 0 aromatic heterocycles. The summed E-state index contributed by atoms with van der Waals surface area (Å²) in [5.74, 6) is 0. The summed E-state index contributed by atoms with van der Waals surface area (Å²) < 4.78 is 27.5. The summed E-state index contributed by atoms with van der Waals surface area (Å²) in [5.41, 5.74) is 6.13. The lowest BCUT2D eigenvalue weighted by atomic mass is 10.1. The summed E-state index contributed by atoms with van der Waals surface area (Å²) in [7, 11) is -3.56. The number of rotatable bonds is 2. The van der Waals surface area contributed by atoms with Gasteiger partial charge in [-0.05, 0) is 40.9 Å². The van der Waals surface area contributed by atoms with Gasteiger partial charge in [0.2, 0.25) is 10.0 Å². The second-order valence-electron chi connectivity index (χ2n) is 4.98. The van der Waals surface area contributed by atoms with Crippen molar-refractivity contribution in [1.29, 1.82) is 0 Å². The molecule has 0 spiro atoms. The molecule has 1 aromatic rings. The van der Waals surface area contributed by atoms with Gasteiger partial charge in [-0.15, -0.1) is 0 Å². The summed E-state index contributed by atoms with van der Waals surface area (Å²) in [6.45, 7) is 1.11. The zero-order valence-electron chi connectivity index (χ0n) is 11.1. The van der Waals surface area contributed by atoms with Crippen LogP contribution in [0.1, 0.15) is 32.1 Å². The SMILES string of the molecule is Nc1cc(Cl)cc(S(=O)(=O)N2CCCCCCC2)c1Br. The molecule has 1 saturated heterocycles. The molecule has 2 N–H and O–H groups in total. The molecule has 1 aromatic carbocycles. The Morgan fingerprint density at radius 2 is 1.65 bits per heavy atom. The Morgan fingerprint density at radius 3 is 2.25 bits per heavy atom. The van der Waals surface area contributed by atoms with E-state index in [0.717, 1.165) is 25.7 Å². The lowest BCUT2D eigenvalue weighted by Crippen LogP contribution is -2.34. The molecule has 0 saturated carbocycles. The molecule has 0 aliphatic carbocycles. The summed E-state index contributed by atoms with van der Waals surface area (Å²) in [5, 5.41) is 0.330. The smallest absolute Gasteiger partial charge is 0.244 e. The summed E-state index contributed by atoms with van der Waals surface area (Å²) >= 11 is 9.20. The number of nitrogens with zero attached hydrogens (tertiary/aromatic N) is 1. The highest BCUT2D eigenvalue weighted by atomic mass is 79.9. The monoisotopic (exact) mass is 380 g/mol. The highest BCUT2D eigenvalue weighted by Crippen LogP contribution is 2.33. The number of sulfonamides is 1. The molecule has 1 aliphatic heterocycles. The van der Waals surface area contributed by atoms with E-state index in [2.05, 4.69) is 15.9 Å². The molecule has 0 bridgehead atoms. The molecular formula is C13H18BrClN2O2S. The van der Waals surface area contributed by atoms with Crippen LogP contribution in [-0.2, 0) is 10.0 Å². The molecule has 0 atom stereocenters. The van der Waals surface area contributed by atoms with Crippen molar-refractivity contribution in [3.05, 3.63) is 21.6 Å². The largest absolute Gasteiger partial charge is 0.398 e. The number of hydrogen-bond donors (Lipinski definition) is 1. The minimum Gasteiger partial charge on any atom is -0.398 e. The van der Waals surface area contributed by atoms with E-state index in [0.29, 0.717) is 28.3 Å². The molecular weight excluding hydrogens is 364 g/mol. The van der Waals surface area contributed by atoms with Gasteiger partial charge in [0.25, 0.3) is 0 Å². The van der Waals surface area contributed by atoms with Crippen molar-refractivity contribution in [2.75, 3.05) is 18.8 Å². The second kappa shape index (κ2) is 6.64. The van der Waals surface area contributed by atoms with Gasteiger partial charge in [0.15, 0.2) is 0 Å². The van der Waals surface area contributed by atoms with E-state index in [1.807, 2.05) is 0 Å². The Labute approximate surface area is 133 Å². The predicted octanol–water partition coefficient (Wildman–Crippen LogP) is 3.64. The summed E-state index contributed by atoms with van der Waals surface area (Å²) in [4.78, 5) is 0.156. The molecule has 7 heteroatoms. The van der Waals surface area contributed by atoms with Crippen LogP contribution in [0.25, 0.3) is 0 Å².